The van der Waals surface area contributed by atoms with Gasteiger partial charge in [-0.1, -0.05) is 389 Å². The molecule has 0 aliphatic rings. The summed E-state index contributed by atoms with van der Waals surface area (Å²) in [5, 5.41) is 13.3. The van der Waals surface area contributed by atoms with Gasteiger partial charge in [0.05, 0.1) is 65.3 Å². The topological polar surface area (TPSA) is 0 Å². The molecule has 376 valence electrons. The maximum atomic E-state index is 2.88. The van der Waals surface area contributed by atoms with E-state index in [9.17, 15) is 0 Å². The Kier molecular flexibility index (Phi) is 17.7. The van der Waals surface area contributed by atoms with Gasteiger partial charge in [0, 0.05) is 0 Å². The largest absolute Gasteiger partial charge is 0.0811 e. The Morgan fingerprint density at radius 2 is 0.466 bits per heavy atom. The van der Waals surface area contributed by atoms with E-state index in [1.807, 2.05) is 0 Å². The van der Waals surface area contributed by atoms with E-state index in [0.717, 1.165) is 0 Å². The Morgan fingerprint density at radius 3 is 0.767 bits per heavy atom. The molecule has 7 atom stereocenters. The first-order valence-electron chi connectivity index (χ1n) is 27.4. The average molecular weight is 1090 g/mol. The molecule has 0 aliphatic heterocycles. The first-order valence-corrected chi connectivity index (χ1v) is 50.3. The van der Waals surface area contributed by atoms with Crippen LogP contribution in [0.1, 0.15) is 6.92 Å². The van der Waals surface area contributed by atoms with Gasteiger partial charge in [-0.25, -0.2) is 0 Å². The first kappa shape index (κ1) is 54.7. The predicted octanol–water partition coefficient (Wildman–Crippen LogP) is 12.4. The van der Waals surface area contributed by atoms with E-state index in [1.54, 1.807) is 41.5 Å². The minimum absolute atomic E-state index is 1.28. The summed E-state index contributed by atoms with van der Waals surface area (Å²) in [4.78, 5) is 0. The molecule has 8 rings (SSSR count). The van der Waals surface area contributed by atoms with Crippen molar-refractivity contribution in [2.24, 2.45) is 0 Å². The zero-order chi connectivity index (χ0) is 51.6. The van der Waals surface area contributed by atoms with Crippen molar-refractivity contribution in [1.29, 1.82) is 0 Å². The van der Waals surface area contributed by atoms with Crippen LogP contribution in [0.2, 0.25) is 98.1 Å². The summed E-state index contributed by atoms with van der Waals surface area (Å²) in [5.41, 5.74) is 9.70. The molecule has 0 radical (unpaired) electrons. The van der Waals surface area contributed by atoms with Gasteiger partial charge in [-0.05, 0) is 0 Å². The Balaban J connectivity index is 1.26. The van der Waals surface area contributed by atoms with Crippen molar-refractivity contribution in [3.05, 3.63) is 243 Å². The van der Waals surface area contributed by atoms with Crippen molar-refractivity contribution >= 4 is 107 Å². The molecule has 8 aromatic carbocycles. The highest BCUT2D eigenvalue weighted by atomic mass is 28.4. The van der Waals surface area contributed by atoms with Gasteiger partial charge in [0.1, 0.15) is 0 Å². The van der Waals surface area contributed by atoms with Gasteiger partial charge in [-0.2, -0.15) is 0 Å². The van der Waals surface area contributed by atoms with Crippen molar-refractivity contribution in [3.8, 4) is 0 Å². The van der Waals surface area contributed by atoms with Crippen LogP contribution in [0.15, 0.2) is 243 Å². The van der Waals surface area contributed by atoms with Gasteiger partial charge in [0.25, 0.3) is 0 Å². The maximum absolute atomic E-state index is 2.88. The summed E-state index contributed by atoms with van der Waals surface area (Å²) >= 11 is 0. The van der Waals surface area contributed by atoms with Crippen molar-refractivity contribution in [3.63, 3.8) is 0 Å². The van der Waals surface area contributed by atoms with Crippen LogP contribution in [-0.2, 0) is 0 Å². The molecule has 0 nitrogen and oxygen atoms in total. The van der Waals surface area contributed by atoms with Gasteiger partial charge in [0.2, 0.25) is 0 Å². The van der Waals surface area contributed by atoms with Gasteiger partial charge in [0.15, 0.2) is 0 Å². The van der Waals surface area contributed by atoms with Crippen molar-refractivity contribution in [2.45, 2.75) is 105 Å². The molecule has 8 aromatic rings. The summed E-state index contributed by atoms with van der Waals surface area (Å²) < 4.78 is 0. The van der Waals surface area contributed by atoms with E-state index < -0.39 is 65.3 Å². The smallest absolute Gasteiger partial charge is 0.0675 e. The zero-order valence-corrected chi connectivity index (χ0v) is 54.0. The molecule has 0 bridgehead atoms. The summed E-state index contributed by atoms with van der Waals surface area (Å²) in [6.07, 6.45) is 0. The molecule has 0 aliphatic carbocycles. The van der Waals surface area contributed by atoms with Gasteiger partial charge >= 0.3 is 0 Å². The number of hydrogen-bond donors (Lipinski definition) is 0. The van der Waals surface area contributed by atoms with E-state index in [1.165, 1.54) is 45.7 Å². The Hall–Kier alpha value is -4.50. The molecular formula is C65H84Si8. The van der Waals surface area contributed by atoms with E-state index >= 15 is 0 Å². The first-order chi connectivity index (χ1) is 35.0. The lowest BCUT2D eigenvalue weighted by atomic mass is 10.4. The highest BCUT2D eigenvalue weighted by Gasteiger charge is 2.52. The van der Waals surface area contributed by atoms with Crippen LogP contribution in [0.5, 0.6) is 0 Å². The Bertz CT molecular complexity index is 2920. The number of rotatable bonds is 23. The fourth-order valence-electron chi connectivity index (χ4n) is 14.4. The molecule has 0 saturated carbocycles. The van der Waals surface area contributed by atoms with E-state index in [2.05, 4.69) is 302 Å². The second-order valence-electron chi connectivity index (χ2n) is 24.6. The summed E-state index contributed by atoms with van der Waals surface area (Å²) in [5.74, 6) is 0. The molecule has 0 heterocycles. The molecule has 0 amide bonds. The summed E-state index contributed by atoms with van der Waals surface area (Å²) in [7, 11) is -16.1. The van der Waals surface area contributed by atoms with Gasteiger partial charge in [-0.3, -0.25) is 0 Å². The second kappa shape index (κ2) is 23.6. The van der Waals surface area contributed by atoms with E-state index in [4.69, 9.17) is 0 Å². The van der Waals surface area contributed by atoms with Gasteiger partial charge < -0.3 is 0 Å². The van der Waals surface area contributed by atoms with Crippen molar-refractivity contribution in [2.75, 3.05) is 0 Å². The molecular weight excluding hydrogens is 1010 g/mol. The van der Waals surface area contributed by atoms with Crippen LogP contribution >= 0.6 is 0 Å². The maximum Gasteiger partial charge on any atom is 0.0811 e. The monoisotopic (exact) mass is 1090 g/mol. The van der Waals surface area contributed by atoms with Crippen LogP contribution in [-0.4, -0.2) is 65.3 Å². The Morgan fingerprint density at radius 1 is 0.247 bits per heavy atom. The standard InChI is InChI=1S/C65H84Si8/c1-10-68(4,60-39-23-13-24-40-60)54-69(5,61-41-25-14-26-42-61)51-66(58-35-19-11-20-36-58)52-70(6,62-43-27-15-28-44-62)55-72(8,64-47-31-17-32-48-64)57-73(9,65-49-33-18-34-50-65)56-71(7,63-45-29-16-30-46-63)53-67(2,3)59-37-21-12-22-38-59/h11-50,66H,10,51-57H2,1-9H3/t66-,68-,69+,70+,71-,72-,73+/m1/s1. The third-order valence-electron chi connectivity index (χ3n) is 17.8. The minimum Gasteiger partial charge on any atom is -0.0675 e. The summed E-state index contributed by atoms with van der Waals surface area (Å²) in [6, 6.07) is 97.3. The molecule has 0 N–H and O–H groups in total. The molecule has 0 unspecified atom stereocenters. The summed E-state index contributed by atoms with van der Waals surface area (Å²) in [6.45, 7) is 24.8. The lowest BCUT2D eigenvalue weighted by molar-refractivity contribution is 1.34. The number of benzene rings is 8. The lowest BCUT2D eigenvalue weighted by Gasteiger charge is -2.47. The fraction of sp³-hybridized carbons (Fsp3) is 0.262. The number of hydrogen-bond acceptors (Lipinski definition) is 0. The zero-order valence-electron chi connectivity index (χ0n) is 45.8. The van der Waals surface area contributed by atoms with Gasteiger partial charge in [-0.15, -0.1) is 0 Å². The Labute approximate surface area is 451 Å². The highest BCUT2D eigenvalue weighted by Crippen LogP contribution is 2.38. The van der Waals surface area contributed by atoms with Crippen LogP contribution in [0.3, 0.4) is 0 Å². The quantitative estimate of drug-likeness (QED) is 0.0560. The van der Waals surface area contributed by atoms with Crippen molar-refractivity contribution in [1.82, 2.24) is 0 Å². The van der Waals surface area contributed by atoms with Crippen molar-refractivity contribution < 1.29 is 0 Å². The third kappa shape index (κ3) is 13.1. The highest BCUT2D eigenvalue weighted by molar-refractivity contribution is 7.20. The lowest BCUT2D eigenvalue weighted by Crippen LogP contribution is -2.67. The third-order valence-corrected chi connectivity index (χ3v) is 75.7. The minimum atomic E-state index is -2.27. The molecule has 8 heteroatoms. The molecule has 0 saturated heterocycles. The molecule has 0 aromatic heterocycles. The molecule has 0 spiro atoms. The average Bonchev–Trinajstić information content (AvgIpc) is 3.42. The SMILES string of the molecule is CC[Si@](C)(C[Si@](C)(C[Si@H](C[Si@@](C)(C[Si@](C)(C[Si@](C)(C[Si@@](C)(C[Si](C)(C)c1ccccc1)c1ccccc1)c1ccccc1)c1ccccc1)c1ccccc1)c1ccccc1)c1ccccc1)c1ccccc1. The van der Waals surface area contributed by atoms with Crippen LogP contribution < -0.4 is 41.5 Å². The van der Waals surface area contributed by atoms with Crippen LogP contribution in [0.4, 0.5) is 0 Å². The fourth-order valence-corrected chi connectivity index (χ4v) is 90.1. The van der Waals surface area contributed by atoms with Crippen LogP contribution in [0, 0.1) is 0 Å². The molecule has 0 fully saturated rings. The van der Waals surface area contributed by atoms with E-state index in [0.29, 0.717) is 0 Å². The second-order valence-corrected chi connectivity index (χ2v) is 64.2. The van der Waals surface area contributed by atoms with Crippen LogP contribution in [0.25, 0.3) is 0 Å². The predicted molar refractivity (Wildman–Crippen MR) is 347 cm³/mol. The van der Waals surface area contributed by atoms with E-state index in [-0.39, 0.29) is 0 Å². The normalized spacial score (nSPS) is 17.3. The molecule has 73 heavy (non-hydrogen) atoms.